The second-order valence-corrected chi connectivity index (χ2v) is 6.37. The summed E-state index contributed by atoms with van der Waals surface area (Å²) < 4.78 is 12.9. The molecule has 2 aromatic heterocycles. The number of nitrogens with zero attached hydrogens (tertiary/aromatic N) is 3. The summed E-state index contributed by atoms with van der Waals surface area (Å²) in [5, 5.41) is 29.5. The highest BCUT2D eigenvalue weighted by Crippen LogP contribution is 2.34. The van der Waals surface area contributed by atoms with E-state index >= 15 is 0 Å². The van der Waals surface area contributed by atoms with Crippen molar-refractivity contribution < 1.29 is 24.8 Å². The Bertz CT molecular complexity index is 932. The van der Waals surface area contributed by atoms with E-state index in [0.29, 0.717) is 23.5 Å². The van der Waals surface area contributed by atoms with Gasteiger partial charge in [0.1, 0.15) is 36.3 Å². The maximum absolute atomic E-state index is 10.3. The van der Waals surface area contributed by atoms with Crippen molar-refractivity contribution >= 4 is 17.0 Å². The number of aliphatic hydroxyl groups excluding tert-OH is 3. The minimum atomic E-state index is -1.24. The summed E-state index contributed by atoms with van der Waals surface area (Å²) in [5.41, 5.74) is 7.71. The Morgan fingerprint density at radius 3 is 2.67 bits per heavy atom. The molecule has 3 heterocycles. The molecule has 1 aromatic carbocycles. The van der Waals surface area contributed by atoms with E-state index in [2.05, 4.69) is 9.97 Å². The van der Waals surface area contributed by atoms with Crippen LogP contribution < -0.4 is 10.5 Å². The molecule has 1 fully saturated rings. The Morgan fingerprint density at radius 1 is 1.19 bits per heavy atom. The molecule has 9 nitrogen and oxygen atoms in total. The third kappa shape index (κ3) is 3.21. The summed E-state index contributed by atoms with van der Waals surface area (Å²) in [6.45, 7) is -0.0809. The van der Waals surface area contributed by atoms with Crippen molar-refractivity contribution in [3.8, 4) is 5.75 Å². The fourth-order valence-corrected chi connectivity index (χ4v) is 3.14. The smallest absolute Gasteiger partial charge is 0.168 e. The highest BCUT2D eigenvalue weighted by Gasteiger charge is 2.44. The van der Waals surface area contributed by atoms with Gasteiger partial charge in [-0.05, 0) is 5.56 Å². The average Bonchev–Trinajstić information content (AvgIpc) is 3.22. The van der Waals surface area contributed by atoms with Crippen LogP contribution in [0.3, 0.4) is 0 Å². The van der Waals surface area contributed by atoms with Crippen LogP contribution >= 0.6 is 0 Å². The van der Waals surface area contributed by atoms with Crippen molar-refractivity contribution in [3.63, 3.8) is 0 Å². The Morgan fingerprint density at radius 2 is 1.96 bits per heavy atom. The lowest BCUT2D eigenvalue weighted by atomic mass is 10.1. The lowest BCUT2D eigenvalue weighted by molar-refractivity contribution is -0.0511. The van der Waals surface area contributed by atoms with Gasteiger partial charge >= 0.3 is 0 Å². The number of fused-ring (bicyclic) bond motifs is 1. The number of nitrogens with two attached hydrogens (primary N) is 1. The molecule has 142 valence electrons. The topological polar surface area (TPSA) is 136 Å². The van der Waals surface area contributed by atoms with Crippen LogP contribution in [0.2, 0.25) is 0 Å². The summed E-state index contributed by atoms with van der Waals surface area (Å²) in [4.78, 5) is 8.58. The second kappa shape index (κ2) is 7.12. The van der Waals surface area contributed by atoms with Gasteiger partial charge in [0.25, 0.3) is 0 Å². The van der Waals surface area contributed by atoms with E-state index in [1.807, 2.05) is 30.3 Å². The first-order valence-corrected chi connectivity index (χ1v) is 8.50. The molecule has 27 heavy (non-hydrogen) atoms. The van der Waals surface area contributed by atoms with Crippen molar-refractivity contribution in [2.24, 2.45) is 0 Å². The number of hydrogen-bond donors (Lipinski definition) is 4. The predicted octanol–water partition coefficient (Wildman–Crippen LogP) is 0.204. The van der Waals surface area contributed by atoms with E-state index in [-0.39, 0.29) is 5.82 Å². The number of hydrogen-bond acceptors (Lipinski definition) is 8. The Kier molecular flexibility index (Phi) is 4.66. The zero-order chi connectivity index (χ0) is 19.0. The lowest BCUT2D eigenvalue weighted by Gasteiger charge is -2.17. The van der Waals surface area contributed by atoms with E-state index in [1.54, 1.807) is 6.07 Å². The number of benzene rings is 1. The van der Waals surface area contributed by atoms with Crippen LogP contribution in [0.1, 0.15) is 11.8 Å². The SMILES string of the molecule is Nc1cc(OCc2ccccc2)c2ncn([C@@H]3O[C@H](CO)[C@@H](O)[C@H]3O)c2n1. The molecule has 1 saturated heterocycles. The maximum Gasteiger partial charge on any atom is 0.168 e. The predicted molar refractivity (Wildman–Crippen MR) is 95.7 cm³/mol. The first-order valence-electron chi connectivity index (χ1n) is 8.50. The Hall–Kier alpha value is -2.72. The van der Waals surface area contributed by atoms with Crippen molar-refractivity contribution in [3.05, 3.63) is 48.3 Å². The van der Waals surface area contributed by atoms with Crippen LogP contribution in [0, 0.1) is 0 Å². The van der Waals surface area contributed by atoms with Gasteiger partial charge in [0.05, 0.1) is 12.9 Å². The molecular weight excluding hydrogens is 352 g/mol. The highest BCUT2D eigenvalue weighted by atomic mass is 16.6. The van der Waals surface area contributed by atoms with Gasteiger partial charge in [0, 0.05) is 6.07 Å². The summed E-state index contributed by atoms with van der Waals surface area (Å²) in [7, 11) is 0. The minimum Gasteiger partial charge on any atom is -0.486 e. The monoisotopic (exact) mass is 372 g/mol. The number of ether oxygens (including phenoxy) is 2. The summed E-state index contributed by atoms with van der Waals surface area (Å²) in [6, 6.07) is 11.2. The number of anilines is 1. The number of aliphatic hydroxyl groups is 3. The van der Waals surface area contributed by atoms with E-state index in [4.69, 9.17) is 15.2 Å². The van der Waals surface area contributed by atoms with E-state index in [1.165, 1.54) is 10.9 Å². The molecule has 5 N–H and O–H groups in total. The highest BCUT2D eigenvalue weighted by molar-refractivity contribution is 5.80. The van der Waals surface area contributed by atoms with Crippen molar-refractivity contribution in [2.75, 3.05) is 12.3 Å². The van der Waals surface area contributed by atoms with E-state index in [0.717, 1.165) is 5.56 Å². The van der Waals surface area contributed by atoms with Crippen LogP contribution in [-0.4, -0.2) is 54.8 Å². The number of pyridine rings is 1. The van der Waals surface area contributed by atoms with Gasteiger partial charge in [-0.25, -0.2) is 9.97 Å². The minimum absolute atomic E-state index is 0.221. The first kappa shape index (κ1) is 17.7. The van der Waals surface area contributed by atoms with E-state index < -0.39 is 31.1 Å². The van der Waals surface area contributed by atoms with Crippen LogP contribution in [0.5, 0.6) is 5.75 Å². The molecule has 0 amide bonds. The zero-order valence-electron chi connectivity index (χ0n) is 14.3. The summed E-state index contributed by atoms with van der Waals surface area (Å²) >= 11 is 0. The zero-order valence-corrected chi connectivity index (χ0v) is 14.3. The molecule has 0 bridgehead atoms. The second-order valence-electron chi connectivity index (χ2n) is 6.37. The molecule has 9 heteroatoms. The summed E-state index contributed by atoms with van der Waals surface area (Å²) in [6.07, 6.45) is -2.85. The first-order chi connectivity index (χ1) is 13.1. The van der Waals surface area contributed by atoms with Crippen LogP contribution in [0.15, 0.2) is 42.7 Å². The standard InChI is InChI=1S/C18H20N4O5/c19-13-6-11(26-8-10-4-2-1-3-5-10)14-17(21-13)22(9-20-14)18-16(25)15(24)12(7-23)27-18/h1-6,9,12,15-16,18,23-25H,7-8H2,(H2,19,21)/t12-,15-,16-,18-/m1/s1. The Labute approximate surface area is 154 Å². The molecular formula is C18H20N4O5. The molecule has 1 aliphatic heterocycles. The van der Waals surface area contributed by atoms with Crippen LogP contribution in [0.25, 0.3) is 11.2 Å². The number of rotatable bonds is 5. The van der Waals surface area contributed by atoms with Crippen LogP contribution in [0.4, 0.5) is 5.82 Å². The fourth-order valence-electron chi connectivity index (χ4n) is 3.14. The van der Waals surface area contributed by atoms with Gasteiger partial charge in [0.2, 0.25) is 0 Å². The van der Waals surface area contributed by atoms with Gasteiger partial charge in [-0.1, -0.05) is 30.3 Å². The van der Waals surface area contributed by atoms with Crippen molar-refractivity contribution in [1.29, 1.82) is 0 Å². The normalized spacial score (nSPS) is 25.1. The maximum atomic E-state index is 10.3. The largest absolute Gasteiger partial charge is 0.486 e. The number of nitrogen functional groups attached to an aromatic ring is 1. The third-order valence-corrected chi connectivity index (χ3v) is 4.54. The van der Waals surface area contributed by atoms with Crippen molar-refractivity contribution in [1.82, 2.24) is 14.5 Å². The van der Waals surface area contributed by atoms with Gasteiger partial charge in [-0.15, -0.1) is 0 Å². The summed E-state index contributed by atoms with van der Waals surface area (Å²) in [5.74, 6) is 0.672. The molecule has 0 unspecified atom stereocenters. The molecule has 0 saturated carbocycles. The van der Waals surface area contributed by atoms with Gasteiger partial charge < -0.3 is 30.5 Å². The van der Waals surface area contributed by atoms with E-state index in [9.17, 15) is 15.3 Å². The lowest BCUT2D eigenvalue weighted by Crippen LogP contribution is -2.33. The number of aromatic nitrogens is 3. The fraction of sp³-hybridized carbons (Fsp3) is 0.333. The Balaban J connectivity index is 1.66. The van der Waals surface area contributed by atoms with Gasteiger partial charge in [0.15, 0.2) is 17.6 Å². The quantitative estimate of drug-likeness (QED) is 0.499. The molecule has 3 aromatic rings. The molecule has 4 atom stereocenters. The number of imidazole rings is 1. The molecule has 0 radical (unpaired) electrons. The van der Waals surface area contributed by atoms with Gasteiger partial charge in [-0.2, -0.15) is 0 Å². The average molecular weight is 372 g/mol. The van der Waals surface area contributed by atoms with Crippen LogP contribution in [-0.2, 0) is 11.3 Å². The molecule has 0 aliphatic carbocycles. The van der Waals surface area contributed by atoms with Gasteiger partial charge in [-0.3, -0.25) is 4.57 Å². The van der Waals surface area contributed by atoms with Crippen molar-refractivity contribution in [2.45, 2.75) is 31.1 Å². The molecule has 0 spiro atoms. The molecule has 1 aliphatic rings. The molecule has 4 rings (SSSR count). The third-order valence-electron chi connectivity index (χ3n) is 4.54.